The zero-order chi connectivity index (χ0) is 17.9. The molecule has 0 fully saturated rings. The second-order valence-corrected chi connectivity index (χ2v) is 6.91. The number of hydrogen-bond donors (Lipinski definition) is 2. The average Bonchev–Trinajstić information content (AvgIpc) is 2.92. The van der Waals surface area contributed by atoms with Crippen LogP contribution in [0.3, 0.4) is 0 Å². The van der Waals surface area contributed by atoms with E-state index in [-0.39, 0.29) is 16.5 Å². The van der Waals surface area contributed by atoms with E-state index in [1.54, 1.807) is 20.8 Å². The number of anilines is 1. The number of carbonyl (C=O) groups excluding carboxylic acids is 1. The largest absolute Gasteiger partial charge is 0.481 e. The third-order valence-corrected chi connectivity index (χ3v) is 3.68. The third kappa shape index (κ3) is 4.62. The number of ether oxygens (including phenoxy) is 2. The van der Waals surface area contributed by atoms with Crippen molar-refractivity contribution >= 4 is 22.4 Å². The summed E-state index contributed by atoms with van der Waals surface area (Å²) in [4.78, 5) is 19.5. The van der Waals surface area contributed by atoms with Gasteiger partial charge >= 0.3 is 6.09 Å². The molecule has 1 unspecified atom stereocenters. The first-order valence-corrected chi connectivity index (χ1v) is 7.84. The van der Waals surface area contributed by atoms with Gasteiger partial charge in [-0.15, -0.1) is 0 Å². The molecular formula is C15H18FN3O4S. The maximum absolute atomic E-state index is 13.4. The van der Waals surface area contributed by atoms with E-state index in [2.05, 4.69) is 15.3 Å². The molecule has 1 amide bonds. The molecule has 24 heavy (non-hydrogen) atoms. The van der Waals surface area contributed by atoms with E-state index in [9.17, 15) is 14.3 Å². The summed E-state index contributed by atoms with van der Waals surface area (Å²) >= 11 is 1.04. The normalized spacial score (nSPS) is 12.6. The minimum atomic E-state index is -1.23. The lowest BCUT2D eigenvalue weighted by Crippen LogP contribution is -2.26. The number of thiazole rings is 1. The van der Waals surface area contributed by atoms with Gasteiger partial charge in [0.05, 0.1) is 25.1 Å². The summed E-state index contributed by atoms with van der Waals surface area (Å²) in [6.45, 7) is 5.24. The quantitative estimate of drug-likeness (QED) is 0.875. The van der Waals surface area contributed by atoms with Crippen LogP contribution < -0.4 is 10.1 Å². The Bertz CT molecular complexity index is 730. The molecule has 2 N–H and O–H groups in total. The van der Waals surface area contributed by atoms with Crippen molar-refractivity contribution in [2.24, 2.45) is 0 Å². The molecule has 0 aliphatic carbocycles. The van der Waals surface area contributed by atoms with Crippen LogP contribution in [0.1, 0.15) is 37.4 Å². The Labute approximate surface area is 142 Å². The van der Waals surface area contributed by atoms with Gasteiger partial charge in [0.25, 0.3) is 0 Å². The lowest BCUT2D eigenvalue weighted by atomic mass is 10.1. The summed E-state index contributed by atoms with van der Waals surface area (Å²) < 4.78 is 23.5. The van der Waals surface area contributed by atoms with Crippen molar-refractivity contribution in [3.63, 3.8) is 0 Å². The monoisotopic (exact) mass is 355 g/mol. The molecular weight excluding hydrogens is 337 g/mol. The number of amides is 1. The zero-order valence-electron chi connectivity index (χ0n) is 13.7. The fourth-order valence-corrected chi connectivity index (χ4v) is 2.63. The van der Waals surface area contributed by atoms with Gasteiger partial charge in [-0.2, -0.15) is 0 Å². The Morgan fingerprint density at radius 3 is 2.71 bits per heavy atom. The van der Waals surface area contributed by atoms with Gasteiger partial charge in [-0.1, -0.05) is 11.3 Å². The Balaban J connectivity index is 2.15. The molecule has 2 heterocycles. The van der Waals surface area contributed by atoms with Crippen molar-refractivity contribution in [3.8, 4) is 5.88 Å². The van der Waals surface area contributed by atoms with Crippen molar-refractivity contribution in [2.45, 2.75) is 32.5 Å². The van der Waals surface area contributed by atoms with Gasteiger partial charge in [0.1, 0.15) is 27.5 Å². The van der Waals surface area contributed by atoms with Crippen LogP contribution >= 0.6 is 11.3 Å². The van der Waals surface area contributed by atoms with Crippen molar-refractivity contribution < 1.29 is 23.8 Å². The molecule has 0 aliphatic heterocycles. The van der Waals surface area contributed by atoms with Gasteiger partial charge in [-0.25, -0.2) is 19.2 Å². The highest BCUT2D eigenvalue weighted by Crippen LogP contribution is 2.33. The van der Waals surface area contributed by atoms with Crippen LogP contribution in [-0.4, -0.2) is 33.9 Å². The third-order valence-electron chi connectivity index (χ3n) is 2.72. The minimum absolute atomic E-state index is 0.0979. The highest BCUT2D eigenvalue weighted by molar-refractivity contribution is 7.15. The number of carbonyl (C=O) groups is 1. The van der Waals surface area contributed by atoms with E-state index >= 15 is 0 Å². The highest BCUT2D eigenvalue weighted by Gasteiger charge is 2.22. The van der Waals surface area contributed by atoms with Crippen molar-refractivity contribution in [1.82, 2.24) is 9.97 Å². The van der Waals surface area contributed by atoms with Crippen LogP contribution in [-0.2, 0) is 4.74 Å². The SMILES string of the molecule is COc1ncc(F)cc1C(O)c1ncc(NC(=O)OC(C)(C)C)s1. The van der Waals surface area contributed by atoms with Gasteiger partial charge in [0, 0.05) is 0 Å². The Morgan fingerprint density at radius 2 is 2.08 bits per heavy atom. The number of methoxy groups -OCH3 is 1. The number of hydrogen-bond acceptors (Lipinski definition) is 7. The van der Waals surface area contributed by atoms with Crippen LogP contribution in [0.25, 0.3) is 0 Å². The standard InChI is InChI=1S/C15H18FN3O4S/c1-15(2,3)23-14(21)19-10-7-18-13(24-10)11(20)9-5-8(16)6-17-12(9)22-4/h5-7,11,20H,1-4H3,(H,19,21). The number of halogens is 1. The fraction of sp³-hybridized carbons (Fsp3) is 0.400. The minimum Gasteiger partial charge on any atom is -0.481 e. The van der Waals surface area contributed by atoms with Crippen LogP contribution in [0.4, 0.5) is 14.2 Å². The smallest absolute Gasteiger partial charge is 0.412 e. The molecule has 0 saturated carbocycles. The molecule has 0 radical (unpaired) electrons. The highest BCUT2D eigenvalue weighted by atomic mass is 32.1. The summed E-state index contributed by atoms with van der Waals surface area (Å²) in [5, 5.41) is 13.6. The van der Waals surface area contributed by atoms with Gasteiger partial charge < -0.3 is 14.6 Å². The molecule has 0 bridgehead atoms. The molecule has 2 aromatic rings. The molecule has 9 heteroatoms. The molecule has 130 valence electrons. The van der Waals surface area contributed by atoms with Crippen LogP contribution in [0.2, 0.25) is 0 Å². The lowest BCUT2D eigenvalue weighted by Gasteiger charge is -2.19. The molecule has 2 aromatic heterocycles. The maximum Gasteiger partial charge on any atom is 0.412 e. The van der Waals surface area contributed by atoms with E-state index in [0.29, 0.717) is 5.00 Å². The second kappa shape index (κ2) is 7.10. The number of rotatable bonds is 4. The predicted molar refractivity (Wildman–Crippen MR) is 86.8 cm³/mol. The van der Waals surface area contributed by atoms with E-state index in [4.69, 9.17) is 9.47 Å². The molecule has 0 spiro atoms. The van der Waals surface area contributed by atoms with Gasteiger partial charge in [0.15, 0.2) is 0 Å². The summed E-state index contributed by atoms with van der Waals surface area (Å²) in [5.74, 6) is -0.505. The topological polar surface area (TPSA) is 93.6 Å². The molecule has 7 nitrogen and oxygen atoms in total. The van der Waals surface area contributed by atoms with Crippen LogP contribution in [0, 0.1) is 5.82 Å². The molecule has 0 aromatic carbocycles. The van der Waals surface area contributed by atoms with E-state index in [1.165, 1.54) is 13.3 Å². The number of pyridine rings is 1. The van der Waals surface area contributed by atoms with Gasteiger partial charge in [0.2, 0.25) is 5.88 Å². The average molecular weight is 355 g/mol. The molecule has 0 saturated heterocycles. The summed E-state index contributed by atoms with van der Waals surface area (Å²) in [6.07, 6.45) is 0.512. The number of aliphatic hydroxyl groups is 1. The summed E-state index contributed by atoms with van der Waals surface area (Å²) in [6, 6.07) is 1.12. The maximum atomic E-state index is 13.4. The number of nitrogens with zero attached hydrogens (tertiary/aromatic N) is 2. The van der Waals surface area contributed by atoms with Crippen LogP contribution in [0.5, 0.6) is 5.88 Å². The van der Waals surface area contributed by atoms with Crippen molar-refractivity contribution in [1.29, 1.82) is 0 Å². The Hall–Kier alpha value is -2.26. The fourth-order valence-electron chi connectivity index (χ4n) is 1.82. The number of nitrogens with one attached hydrogen (secondary N) is 1. The second-order valence-electron chi connectivity index (χ2n) is 5.84. The first-order chi connectivity index (χ1) is 11.2. The van der Waals surface area contributed by atoms with Crippen molar-refractivity contribution in [3.05, 3.63) is 34.8 Å². The molecule has 2 rings (SSSR count). The zero-order valence-corrected chi connectivity index (χ0v) is 14.5. The van der Waals surface area contributed by atoms with Crippen LogP contribution in [0.15, 0.2) is 18.5 Å². The Kier molecular flexibility index (Phi) is 5.35. The first-order valence-electron chi connectivity index (χ1n) is 7.03. The first kappa shape index (κ1) is 18.1. The number of aliphatic hydroxyl groups excluding tert-OH is 1. The molecule has 0 aliphatic rings. The van der Waals surface area contributed by atoms with E-state index < -0.39 is 23.6 Å². The molecule has 1 atom stereocenters. The number of aromatic nitrogens is 2. The van der Waals surface area contributed by atoms with E-state index in [0.717, 1.165) is 23.6 Å². The van der Waals surface area contributed by atoms with E-state index in [1.807, 2.05) is 0 Å². The lowest BCUT2D eigenvalue weighted by molar-refractivity contribution is 0.0636. The summed E-state index contributed by atoms with van der Waals surface area (Å²) in [7, 11) is 1.37. The predicted octanol–water partition coefficient (Wildman–Crippen LogP) is 3.11. The van der Waals surface area contributed by atoms with Gasteiger partial charge in [-0.05, 0) is 26.8 Å². The van der Waals surface area contributed by atoms with Crippen molar-refractivity contribution in [2.75, 3.05) is 12.4 Å². The summed E-state index contributed by atoms with van der Waals surface area (Å²) in [5.41, 5.74) is -0.478. The van der Waals surface area contributed by atoms with Gasteiger partial charge in [-0.3, -0.25) is 5.32 Å². The Morgan fingerprint density at radius 1 is 1.38 bits per heavy atom.